The fraction of sp³-hybridized carbons (Fsp3) is 0.294. The summed E-state index contributed by atoms with van der Waals surface area (Å²) in [6, 6.07) is 12.5. The molecule has 1 N–H and O–H groups in total. The molecule has 0 saturated carbocycles. The zero-order valence-corrected chi connectivity index (χ0v) is 13.3. The van der Waals surface area contributed by atoms with E-state index >= 15 is 0 Å². The third kappa shape index (κ3) is 3.09. The number of benzene rings is 2. The molecule has 22 heavy (non-hydrogen) atoms. The van der Waals surface area contributed by atoms with E-state index in [-0.39, 0.29) is 4.90 Å². The van der Waals surface area contributed by atoms with E-state index in [0.717, 1.165) is 30.6 Å². The van der Waals surface area contributed by atoms with Crippen LogP contribution < -0.4 is 9.46 Å². The molecule has 1 heterocycles. The summed E-state index contributed by atoms with van der Waals surface area (Å²) in [6.07, 6.45) is 2.82. The minimum absolute atomic E-state index is 0.273. The van der Waals surface area contributed by atoms with Gasteiger partial charge in [-0.1, -0.05) is 25.5 Å². The van der Waals surface area contributed by atoms with Crippen LogP contribution in [0, 0.1) is 0 Å². The van der Waals surface area contributed by atoms with Crippen LogP contribution in [0.2, 0.25) is 0 Å². The molecule has 1 aliphatic heterocycles. The van der Waals surface area contributed by atoms with Gasteiger partial charge in [0.15, 0.2) is 0 Å². The van der Waals surface area contributed by atoms with Crippen LogP contribution in [-0.4, -0.2) is 15.0 Å². The number of anilines is 1. The monoisotopic (exact) mass is 317 g/mol. The fourth-order valence-corrected chi connectivity index (χ4v) is 3.68. The Hall–Kier alpha value is -2.01. The largest absolute Gasteiger partial charge is 0.493 e. The molecule has 0 unspecified atom stereocenters. The lowest BCUT2D eigenvalue weighted by atomic mass is 10.1. The summed E-state index contributed by atoms with van der Waals surface area (Å²) in [5.41, 5.74) is 2.73. The number of nitrogens with one attached hydrogen (secondary N) is 1. The first-order valence-corrected chi connectivity index (χ1v) is 8.94. The Balaban J connectivity index is 1.81. The number of hydrogen-bond acceptors (Lipinski definition) is 3. The number of fused-ring (bicyclic) bond motifs is 1. The van der Waals surface area contributed by atoms with Crippen LogP contribution in [0.3, 0.4) is 0 Å². The molecule has 0 fully saturated rings. The quantitative estimate of drug-likeness (QED) is 0.920. The SMILES string of the molecule is CCCc1ccc(NS(=O)(=O)c2ccc3c(c2)CCO3)cc1. The summed E-state index contributed by atoms with van der Waals surface area (Å²) in [7, 11) is -3.57. The Bertz CT molecular complexity index is 767. The minimum Gasteiger partial charge on any atom is -0.493 e. The molecule has 0 amide bonds. The normalized spacial score (nSPS) is 13.5. The van der Waals surface area contributed by atoms with Crippen LogP contribution in [-0.2, 0) is 22.9 Å². The van der Waals surface area contributed by atoms with Gasteiger partial charge in [0.1, 0.15) is 5.75 Å². The maximum atomic E-state index is 12.5. The van der Waals surface area contributed by atoms with Crippen molar-refractivity contribution in [2.45, 2.75) is 31.1 Å². The highest BCUT2D eigenvalue weighted by atomic mass is 32.2. The van der Waals surface area contributed by atoms with Crippen LogP contribution >= 0.6 is 0 Å². The predicted octanol–water partition coefficient (Wildman–Crippen LogP) is 3.37. The Kier molecular flexibility index (Phi) is 4.07. The van der Waals surface area contributed by atoms with E-state index in [1.807, 2.05) is 12.1 Å². The van der Waals surface area contributed by atoms with Crippen molar-refractivity contribution in [1.82, 2.24) is 0 Å². The van der Waals surface area contributed by atoms with Gasteiger partial charge in [-0.3, -0.25) is 4.72 Å². The number of hydrogen-bond donors (Lipinski definition) is 1. The van der Waals surface area contributed by atoms with Crippen LogP contribution in [0.1, 0.15) is 24.5 Å². The summed E-state index contributed by atoms with van der Waals surface area (Å²) >= 11 is 0. The van der Waals surface area contributed by atoms with E-state index in [9.17, 15) is 8.42 Å². The van der Waals surface area contributed by atoms with Crippen molar-refractivity contribution in [3.8, 4) is 5.75 Å². The molecule has 0 spiro atoms. The molecule has 5 heteroatoms. The van der Waals surface area contributed by atoms with Crippen molar-refractivity contribution in [3.63, 3.8) is 0 Å². The first-order valence-electron chi connectivity index (χ1n) is 7.46. The van der Waals surface area contributed by atoms with Crippen molar-refractivity contribution in [2.24, 2.45) is 0 Å². The van der Waals surface area contributed by atoms with Gasteiger partial charge >= 0.3 is 0 Å². The highest BCUT2D eigenvalue weighted by Crippen LogP contribution is 2.28. The smallest absolute Gasteiger partial charge is 0.261 e. The summed E-state index contributed by atoms with van der Waals surface area (Å²) < 4.78 is 33.0. The van der Waals surface area contributed by atoms with Crippen LogP contribution in [0.5, 0.6) is 5.75 Å². The molecular weight excluding hydrogens is 298 g/mol. The van der Waals surface area contributed by atoms with E-state index in [1.54, 1.807) is 30.3 Å². The van der Waals surface area contributed by atoms with Crippen molar-refractivity contribution in [2.75, 3.05) is 11.3 Å². The number of ether oxygens (including phenoxy) is 1. The second-order valence-corrected chi connectivity index (χ2v) is 7.10. The van der Waals surface area contributed by atoms with Gasteiger partial charge in [0.2, 0.25) is 0 Å². The van der Waals surface area contributed by atoms with Crippen LogP contribution in [0.15, 0.2) is 47.4 Å². The first kappa shape index (κ1) is 14.9. The summed E-state index contributed by atoms with van der Waals surface area (Å²) in [6.45, 7) is 2.74. The van der Waals surface area contributed by atoms with Crippen LogP contribution in [0.25, 0.3) is 0 Å². The van der Waals surface area contributed by atoms with Crippen molar-refractivity contribution in [3.05, 3.63) is 53.6 Å². The maximum absolute atomic E-state index is 12.5. The molecule has 0 radical (unpaired) electrons. The predicted molar refractivity (Wildman–Crippen MR) is 86.9 cm³/mol. The Morgan fingerprint density at radius 3 is 2.64 bits per heavy atom. The maximum Gasteiger partial charge on any atom is 0.261 e. The third-order valence-corrected chi connectivity index (χ3v) is 5.10. The molecule has 0 aliphatic carbocycles. The second kappa shape index (κ2) is 6.01. The highest BCUT2D eigenvalue weighted by Gasteiger charge is 2.19. The third-order valence-electron chi connectivity index (χ3n) is 3.72. The number of aryl methyl sites for hydroxylation is 1. The Labute approximate surface area is 131 Å². The Morgan fingerprint density at radius 2 is 1.91 bits per heavy atom. The van der Waals surface area contributed by atoms with Gasteiger partial charge in [-0.25, -0.2) is 8.42 Å². The molecule has 0 atom stereocenters. The van der Waals surface area contributed by atoms with Gasteiger partial charge in [0.25, 0.3) is 10.0 Å². The number of sulfonamides is 1. The molecule has 1 aliphatic rings. The second-order valence-electron chi connectivity index (χ2n) is 5.42. The molecule has 3 rings (SSSR count). The molecule has 0 saturated heterocycles. The van der Waals surface area contributed by atoms with Gasteiger partial charge in [0, 0.05) is 12.1 Å². The van der Waals surface area contributed by atoms with Gasteiger partial charge in [-0.15, -0.1) is 0 Å². The molecule has 2 aromatic carbocycles. The molecule has 4 nitrogen and oxygen atoms in total. The average molecular weight is 317 g/mol. The summed E-state index contributed by atoms with van der Waals surface area (Å²) in [5.74, 6) is 0.780. The van der Waals surface area contributed by atoms with Gasteiger partial charge in [0.05, 0.1) is 11.5 Å². The molecule has 0 aromatic heterocycles. The summed E-state index contributed by atoms with van der Waals surface area (Å²) in [5, 5.41) is 0. The van der Waals surface area contributed by atoms with Crippen molar-refractivity contribution < 1.29 is 13.2 Å². The van der Waals surface area contributed by atoms with E-state index in [4.69, 9.17) is 4.74 Å². The Morgan fingerprint density at radius 1 is 1.14 bits per heavy atom. The van der Waals surface area contributed by atoms with Crippen molar-refractivity contribution >= 4 is 15.7 Å². The fourth-order valence-electron chi connectivity index (χ4n) is 2.57. The lowest BCUT2D eigenvalue weighted by Crippen LogP contribution is -2.13. The molecule has 0 bridgehead atoms. The van der Waals surface area contributed by atoms with Crippen LogP contribution in [0.4, 0.5) is 5.69 Å². The van der Waals surface area contributed by atoms with Gasteiger partial charge < -0.3 is 4.74 Å². The van der Waals surface area contributed by atoms with Gasteiger partial charge in [-0.2, -0.15) is 0 Å². The van der Waals surface area contributed by atoms with E-state index in [0.29, 0.717) is 12.3 Å². The van der Waals surface area contributed by atoms with Gasteiger partial charge in [-0.05, 0) is 47.9 Å². The van der Waals surface area contributed by atoms with E-state index in [1.165, 1.54) is 5.56 Å². The zero-order valence-electron chi connectivity index (χ0n) is 12.5. The number of rotatable bonds is 5. The lowest BCUT2D eigenvalue weighted by Gasteiger charge is -2.10. The highest BCUT2D eigenvalue weighted by molar-refractivity contribution is 7.92. The topological polar surface area (TPSA) is 55.4 Å². The van der Waals surface area contributed by atoms with Crippen molar-refractivity contribution in [1.29, 1.82) is 0 Å². The summed E-state index contributed by atoms with van der Waals surface area (Å²) in [4.78, 5) is 0.273. The standard InChI is InChI=1S/C17H19NO3S/c1-2-3-13-4-6-15(7-5-13)18-22(19,20)16-8-9-17-14(12-16)10-11-21-17/h4-9,12,18H,2-3,10-11H2,1H3. The first-order chi connectivity index (χ1) is 10.6. The van der Waals surface area contributed by atoms with E-state index in [2.05, 4.69) is 11.6 Å². The lowest BCUT2D eigenvalue weighted by molar-refractivity contribution is 0.356. The minimum atomic E-state index is -3.57. The average Bonchev–Trinajstić information content (AvgIpc) is 2.97. The molecular formula is C17H19NO3S. The molecule has 2 aromatic rings. The zero-order chi connectivity index (χ0) is 15.6. The van der Waals surface area contributed by atoms with E-state index < -0.39 is 10.0 Å². The molecule has 116 valence electrons.